The van der Waals surface area contributed by atoms with E-state index >= 15 is 0 Å². The number of para-hydroxylation sites is 1. The number of likely N-dealkylation sites (tertiary alicyclic amines) is 1. The minimum absolute atomic E-state index is 0.0929. The fourth-order valence-electron chi connectivity index (χ4n) is 4.15. The molecule has 4 rings (SSSR count). The van der Waals surface area contributed by atoms with Crippen molar-refractivity contribution in [3.8, 4) is 11.3 Å². The first-order valence-corrected chi connectivity index (χ1v) is 9.84. The van der Waals surface area contributed by atoms with E-state index in [1.54, 1.807) is 0 Å². The zero-order valence-electron chi connectivity index (χ0n) is 15.7. The molecule has 1 amide bonds. The van der Waals surface area contributed by atoms with Crippen LogP contribution in [0.4, 0.5) is 0 Å². The zero-order chi connectivity index (χ0) is 19.0. The van der Waals surface area contributed by atoms with Crippen LogP contribution in [0.2, 0.25) is 5.02 Å². The molecule has 0 unspecified atom stereocenters. The number of fused-ring (bicyclic) bond motifs is 1. The summed E-state index contributed by atoms with van der Waals surface area (Å²) in [5.74, 6) is 1.15. The number of hydrogen-bond donors (Lipinski definition) is 0. The summed E-state index contributed by atoms with van der Waals surface area (Å²) in [6, 6.07) is 17.4. The molecule has 1 aromatic heterocycles. The number of nitrogens with zero attached hydrogens (tertiary/aromatic N) is 2. The van der Waals surface area contributed by atoms with Crippen molar-refractivity contribution in [2.45, 2.75) is 20.3 Å². The zero-order valence-corrected chi connectivity index (χ0v) is 16.4. The van der Waals surface area contributed by atoms with E-state index in [4.69, 9.17) is 16.6 Å². The number of amides is 1. The first kappa shape index (κ1) is 18.0. The molecule has 0 spiro atoms. The highest BCUT2D eigenvalue weighted by Gasteiger charge is 2.27. The minimum Gasteiger partial charge on any atom is -0.338 e. The Kier molecular flexibility index (Phi) is 4.88. The van der Waals surface area contributed by atoms with Gasteiger partial charge in [-0.15, -0.1) is 0 Å². The van der Waals surface area contributed by atoms with E-state index in [9.17, 15) is 4.79 Å². The third kappa shape index (κ3) is 3.70. The molecule has 0 aliphatic carbocycles. The number of hydrogen-bond acceptors (Lipinski definition) is 2. The van der Waals surface area contributed by atoms with E-state index in [-0.39, 0.29) is 5.91 Å². The highest BCUT2D eigenvalue weighted by molar-refractivity contribution is 6.30. The maximum absolute atomic E-state index is 13.4. The number of halogens is 1. The van der Waals surface area contributed by atoms with Crippen LogP contribution >= 0.6 is 11.6 Å². The molecule has 2 heterocycles. The Morgan fingerprint density at radius 3 is 2.52 bits per heavy atom. The van der Waals surface area contributed by atoms with Crippen molar-refractivity contribution >= 4 is 28.4 Å². The summed E-state index contributed by atoms with van der Waals surface area (Å²) in [4.78, 5) is 20.2. The lowest BCUT2D eigenvalue weighted by Crippen LogP contribution is -2.42. The molecule has 4 heteroatoms. The molecule has 1 aliphatic rings. The summed E-state index contributed by atoms with van der Waals surface area (Å²) in [5.41, 5.74) is 3.24. The molecule has 27 heavy (non-hydrogen) atoms. The predicted molar refractivity (Wildman–Crippen MR) is 111 cm³/mol. The second-order valence-corrected chi connectivity index (χ2v) is 8.18. The molecule has 0 radical (unpaired) electrons. The van der Waals surface area contributed by atoms with Gasteiger partial charge in [0.25, 0.3) is 5.91 Å². The maximum atomic E-state index is 13.4. The molecule has 1 saturated heterocycles. The Bertz CT molecular complexity index is 991. The molecule has 2 atom stereocenters. The van der Waals surface area contributed by atoms with Crippen LogP contribution in [0.1, 0.15) is 30.6 Å². The lowest BCUT2D eigenvalue weighted by molar-refractivity contribution is 0.0625. The van der Waals surface area contributed by atoms with Crippen LogP contribution in [-0.4, -0.2) is 28.9 Å². The van der Waals surface area contributed by atoms with Crippen molar-refractivity contribution in [3.63, 3.8) is 0 Å². The molecular weight excluding hydrogens is 356 g/mol. The van der Waals surface area contributed by atoms with E-state index in [1.165, 1.54) is 6.42 Å². The summed E-state index contributed by atoms with van der Waals surface area (Å²) >= 11 is 6.17. The maximum Gasteiger partial charge on any atom is 0.254 e. The first-order chi connectivity index (χ1) is 13.0. The van der Waals surface area contributed by atoms with Crippen LogP contribution in [0.15, 0.2) is 54.6 Å². The molecule has 1 fully saturated rings. The summed E-state index contributed by atoms with van der Waals surface area (Å²) < 4.78 is 0. The van der Waals surface area contributed by atoms with Gasteiger partial charge in [-0.3, -0.25) is 4.79 Å². The summed E-state index contributed by atoms with van der Waals surface area (Å²) in [7, 11) is 0. The third-order valence-electron chi connectivity index (χ3n) is 5.22. The quantitative estimate of drug-likeness (QED) is 0.575. The van der Waals surface area contributed by atoms with Gasteiger partial charge in [-0.05, 0) is 42.5 Å². The van der Waals surface area contributed by atoms with Crippen molar-refractivity contribution in [2.75, 3.05) is 13.1 Å². The van der Waals surface area contributed by atoms with Crippen LogP contribution in [0.5, 0.6) is 0 Å². The highest BCUT2D eigenvalue weighted by Crippen LogP contribution is 2.29. The SMILES string of the molecule is C[C@H]1C[C@H](C)CN(C(=O)c2cc(-c3cccc(Cl)c3)nc3ccccc23)C1. The molecule has 2 aromatic carbocycles. The van der Waals surface area contributed by atoms with Gasteiger partial charge in [0, 0.05) is 29.1 Å². The van der Waals surface area contributed by atoms with E-state index in [0.29, 0.717) is 16.9 Å². The monoisotopic (exact) mass is 378 g/mol. The Hall–Kier alpha value is -2.39. The smallest absolute Gasteiger partial charge is 0.254 e. The Labute approximate surface area is 165 Å². The number of carbonyl (C=O) groups excluding carboxylic acids is 1. The van der Waals surface area contributed by atoms with Crippen LogP contribution in [-0.2, 0) is 0 Å². The lowest BCUT2D eigenvalue weighted by atomic mass is 9.91. The topological polar surface area (TPSA) is 33.2 Å². The van der Waals surface area contributed by atoms with Crippen molar-refractivity contribution in [1.82, 2.24) is 9.88 Å². The fourth-order valence-corrected chi connectivity index (χ4v) is 4.34. The fraction of sp³-hybridized carbons (Fsp3) is 0.304. The number of piperidine rings is 1. The molecule has 3 aromatic rings. The van der Waals surface area contributed by atoms with Gasteiger partial charge >= 0.3 is 0 Å². The third-order valence-corrected chi connectivity index (χ3v) is 5.46. The van der Waals surface area contributed by atoms with Crippen LogP contribution in [0, 0.1) is 11.8 Å². The number of carbonyl (C=O) groups is 1. The average Bonchev–Trinajstić information content (AvgIpc) is 2.66. The summed E-state index contributed by atoms with van der Waals surface area (Å²) in [5, 5.41) is 1.56. The number of aromatic nitrogens is 1. The van der Waals surface area contributed by atoms with E-state index in [2.05, 4.69) is 13.8 Å². The Morgan fingerprint density at radius 2 is 1.78 bits per heavy atom. The lowest BCUT2D eigenvalue weighted by Gasteiger charge is -2.35. The molecule has 0 saturated carbocycles. The standard InChI is InChI=1S/C23H23ClN2O/c1-15-10-16(2)14-26(13-15)23(27)20-12-22(17-6-5-7-18(24)11-17)25-21-9-4-3-8-19(20)21/h3-9,11-12,15-16H,10,13-14H2,1-2H3/t15-,16-/m0/s1. The highest BCUT2D eigenvalue weighted by atomic mass is 35.5. The molecule has 0 N–H and O–H groups in total. The summed E-state index contributed by atoms with van der Waals surface area (Å²) in [6.07, 6.45) is 1.18. The van der Waals surface area contributed by atoms with Crippen LogP contribution < -0.4 is 0 Å². The first-order valence-electron chi connectivity index (χ1n) is 9.46. The molecule has 1 aliphatic heterocycles. The second-order valence-electron chi connectivity index (χ2n) is 7.74. The second kappa shape index (κ2) is 7.32. The van der Waals surface area contributed by atoms with Gasteiger partial charge in [0.1, 0.15) is 0 Å². The van der Waals surface area contributed by atoms with E-state index in [0.717, 1.165) is 40.8 Å². The predicted octanol–water partition coefficient (Wildman–Crippen LogP) is 5.67. The Morgan fingerprint density at radius 1 is 1.04 bits per heavy atom. The van der Waals surface area contributed by atoms with Gasteiger partial charge < -0.3 is 4.90 Å². The molecular formula is C23H23ClN2O. The van der Waals surface area contributed by atoms with E-state index in [1.807, 2.05) is 59.5 Å². The van der Waals surface area contributed by atoms with Crippen LogP contribution in [0.25, 0.3) is 22.2 Å². The summed E-state index contributed by atoms with van der Waals surface area (Å²) in [6.45, 7) is 6.06. The number of rotatable bonds is 2. The van der Waals surface area contributed by atoms with Crippen molar-refractivity contribution < 1.29 is 4.79 Å². The van der Waals surface area contributed by atoms with Gasteiger partial charge in [0.15, 0.2) is 0 Å². The number of pyridine rings is 1. The normalized spacial score (nSPS) is 20.0. The Balaban J connectivity index is 1.82. The van der Waals surface area contributed by atoms with Gasteiger partial charge in [-0.25, -0.2) is 4.98 Å². The van der Waals surface area contributed by atoms with Crippen molar-refractivity contribution in [1.29, 1.82) is 0 Å². The average molecular weight is 379 g/mol. The molecule has 138 valence electrons. The van der Waals surface area contributed by atoms with Crippen LogP contribution in [0.3, 0.4) is 0 Å². The van der Waals surface area contributed by atoms with Gasteiger partial charge in [0.05, 0.1) is 16.8 Å². The number of benzene rings is 2. The largest absolute Gasteiger partial charge is 0.338 e. The van der Waals surface area contributed by atoms with Crippen molar-refractivity contribution in [3.05, 3.63) is 65.2 Å². The minimum atomic E-state index is 0.0929. The molecule has 0 bridgehead atoms. The molecule has 3 nitrogen and oxygen atoms in total. The van der Waals surface area contributed by atoms with Gasteiger partial charge in [-0.2, -0.15) is 0 Å². The van der Waals surface area contributed by atoms with E-state index < -0.39 is 0 Å². The van der Waals surface area contributed by atoms with Gasteiger partial charge in [-0.1, -0.05) is 55.8 Å². The van der Waals surface area contributed by atoms with Crippen molar-refractivity contribution in [2.24, 2.45) is 11.8 Å². The van der Waals surface area contributed by atoms with Gasteiger partial charge in [0.2, 0.25) is 0 Å².